The number of aromatic nitrogens is 1. The number of rotatable bonds is 5. The van der Waals surface area contributed by atoms with Crippen LogP contribution in [0.5, 0.6) is 0 Å². The lowest BCUT2D eigenvalue weighted by Crippen LogP contribution is -2.31. The maximum Gasteiger partial charge on any atom is 0.129 e. The summed E-state index contributed by atoms with van der Waals surface area (Å²) in [4.78, 5) is 7.21. The Kier molecular flexibility index (Phi) is 4.41. The molecule has 19 heavy (non-hydrogen) atoms. The molecule has 0 saturated carbocycles. The molecule has 2 heteroatoms. The lowest BCUT2D eigenvalue weighted by molar-refractivity contribution is 0.549. The normalized spacial score (nSPS) is 11.5. The van der Waals surface area contributed by atoms with Crippen molar-refractivity contribution in [3.8, 4) is 0 Å². The van der Waals surface area contributed by atoms with Gasteiger partial charge in [0, 0.05) is 18.5 Å². The number of hydrogen-bond donors (Lipinski definition) is 0. The van der Waals surface area contributed by atoms with E-state index in [1.807, 2.05) is 6.07 Å². The lowest BCUT2D eigenvalue weighted by atomic mass is 10.1. The zero-order chi connectivity index (χ0) is 13.8. The van der Waals surface area contributed by atoms with E-state index in [0.29, 0.717) is 11.8 Å². The van der Waals surface area contributed by atoms with Crippen LogP contribution in [0.1, 0.15) is 27.7 Å². The third kappa shape index (κ3) is 3.69. The predicted octanol–water partition coefficient (Wildman–Crippen LogP) is 4.35. The summed E-state index contributed by atoms with van der Waals surface area (Å²) in [5, 5.41) is 1.21. The van der Waals surface area contributed by atoms with E-state index in [9.17, 15) is 0 Å². The zero-order valence-electron chi connectivity index (χ0n) is 12.4. The fourth-order valence-electron chi connectivity index (χ4n) is 2.37. The van der Waals surface area contributed by atoms with Crippen LogP contribution in [0.3, 0.4) is 0 Å². The Balaban J connectivity index is 2.32. The first kappa shape index (κ1) is 13.9. The molecule has 2 aromatic rings. The Morgan fingerprint density at radius 2 is 1.53 bits per heavy atom. The molecule has 1 aromatic carbocycles. The first-order valence-electron chi connectivity index (χ1n) is 7.17. The molecule has 0 aliphatic rings. The molecule has 0 fully saturated rings. The number of pyridine rings is 1. The standard InChI is InChI=1S/C17H24N2/c1-13(2)11-19(12-14(3)4)17-10-9-15-7-5-6-8-16(15)18-17/h5-10,13-14H,11-12H2,1-4H3. The summed E-state index contributed by atoms with van der Waals surface area (Å²) in [6.45, 7) is 11.2. The average molecular weight is 256 g/mol. The highest BCUT2D eigenvalue weighted by Crippen LogP contribution is 2.19. The van der Waals surface area contributed by atoms with Gasteiger partial charge in [0.1, 0.15) is 5.82 Å². The maximum absolute atomic E-state index is 4.81. The van der Waals surface area contributed by atoms with Crippen LogP contribution in [-0.2, 0) is 0 Å². The minimum absolute atomic E-state index is 0.645. The van der Waals surface area contributed by atoms with Gasteiger partial charge in [-0.05, 0) is 30.0 Å². The van der Waals surface area contributed by atoms with Crippen LogP contribution in [0.4, 0.5) is 5.82 Å². The summed E-state index contributed by atoms with van der Waals surface area (Å²) in [6.07, 6.45) is 0. The molecule has 0 spiro atoms. The highest BCUT2D eigenvalue weighted by atomic mass is 15.2. The summed E-state index contributed by atoms with van der Waals surface area (Å²) in [5.74, 6) is 2.39. The quantitative estimate of drug-likeness (QED) is 0.790. The van der Waals surface area contributed by atoms with Crippen LogP contribution in [-0.4, -0.2) is 18.1 Å². The fraction of sp³-hybridized carbons (Fsp3) is 0.471. The van der Waals surface area contributed by atoms with Gasteiger partial charge in [-0.2, -0.15) is 0 Å². The molecular formula is C17H24N2. The molecule has 0 bridgehead atoms. The van der Waals surface area contributed by atoms with Gasteiger partial charge >= 0.3 is 0 Å². The molecule has 0 amide bonds. The Morgan fingerprint density at radius 1 is 0.895 bits per heavy atom. The predicted molar refractivity (Wildman–Crippen MR) is 83.6 cm³/mol. The summed E-state index contributed by atoms with van der Waals surface area (Å²) in [5.41, 5.74) is 1.08. The number of fused-ring (bicyclic) bond motifs is 1. The van der Waals surface area contributed by atoms with Crippen molar-refractivity contribution in [1.29, 1.82) is 0 Å². The van der Waals surface area contributed by atoms with Crippen molar-refractivity contribution in [1.82, 2.24) is 4.98 Å². The first-order chi connectivity index (χ1) is 9.06. The Hall–Kier alpha value is -1.57. The Morgan fingerprint density at radius 3 is 2.16 bits per heavy atom. The van der Waals surface area contributed by atoms with E-state index >= 15 is 0 Å². The van der Waals surface area contributed by atoms with Gasteiger partial charge in [0.05, 0.1) is 5.52 Å². The second-order valence-electron chi connectivity index (χ2n) is 6.05. The Labute approximate surface area is 116 Å². The maximum atomic E-state index is 4.81. The first-order valence-corrected chi connectivity index (χ1v) is 7.17. The van der Waals surface area contributed by atoms with Crippen molar-refractivity contribution < 1.29 is 0 Å². The minimum Gasteiger partial charge on any atom is -0.356 e. The van der Waals surface area contributed by atoms with Crippen LogP contribution in [0.25, 0.3) is 10.9 Å². The van der Waals surface area contributed by atoms with E-state index in [4.69, 9.17) is 4.98 Å². The molecule has 0 aliphatic carbocycles. The molecule has 0 atom stereocenters. The van der Waals surface area contributed by atoms with Gasteiger partial charge in [-0.25, -0.2) is 4.98 Å². The van der Waals surface area contributed by atoms with Crippen molar-refractivity contribution in [3.05, 3.63) is 36.4 Å². The number of para-hydroxylation sites is 1. The molecule has 2 rings (SSSR count). The van der Waals surface area contributed by atoms with E-state index in [2.05, 4.69) is 62.9 Å². The summed E-state index contributed by atoms with van der Waals surface area (Å²) < 4.78 is 0. The van der Waals surface area contributed by atoms with Crippen LogP contribution in [0, 0.1) is 11.8 Å². The molecule has 0 radical (unpaired) electrons. The summed E-state index contributed by atoms with van der Waals surface area (Å²) in [7, 11) is 0. The molecule has 1 heterocycles. The Bertz CT molecular complexity index is 522. The molecule has 102 valence electrons. The van der Waals surface area contributed by atoms with Crippen molar-refractivity contribution in [2.45, 2.75) is 27.7 Å². The van der Waals surface area contributed by atoms with Crippen molar-refractivity contribution in [2.24, 2.45) is 11.8 Å². The van der Waals surface area contributed by atoms with Crippen molar-refractivity contribution >= 4 is 16.7 Å². The molecular weight excluding hydrogens is 232 g/mol. The zero-order valence-corrected chi connectivity index (χ0v) is 12.4. The van der Waals surface area contributed by atoms with Gasteiger partial charge in [-0.1, -0.05) is 45.9 Å². The van der Waals surface area contributed by atoms with Crippen molar-refractivity contribution in [2.75, 3.05) is 18.0 Å². The highest BCUT2D eigenvalue weighted by molar-refractivity contribution is 5.80. The number of nitrogens with zero attached hydrogens (tertiary/aromatic N) is 2. The van der Waals surface area contributed by atoms with E-state index in [-0.39, 0.29) is 0 Å². The fourth-order valence-corrected chi connectivity index (χ4v) is 2.37. The third-order valence-electron chi connectivity index (χ3n) is 3.08. The second-order valence-corrected chi connectivity index (χ2v) is 6.05. The SMILES string of the molecule is CC(C)CN(CC(C)C)c1ccc2ccccc2n1. The van der Waals surface area contributed by atoms with Crippen molar-refractivity contribution in [3.63, 3.8) is 0 Å². The van der Waals surface area contributed by atoms with Gasteiger partial charge in [0.2, 0.25) is 0 Å². The molecule has 2 nitrogen and oxygen atoms in total. The molecule has 0 aliphatic heterocycles. The molecule has 1 aromatic heterocycles. The molecule has 0 unspecified atom stereocenters. The number of anilines is 1. The van der Waals surface area contributed by atoms with Gasteiger partial charge < -0.3 is 4.90 Å². The lowest BCUT2D eigenvalue weighted by Gasteiger charge is -2.27. The molecule has 0 saturated heterocycles. The monoisotopic (exact) mass is 256 g/mol. The molecule has 0 N–H and O–H groups in total. The minimum atomic E-state index is 0.645. The van der Waals surface area contributed by atoms with Gasteiger partial charge in [-0.15, -0.1) is 0 Å². The summed E-state index contributed by atoms with van der Waals surface area (Å²) >= 11 is 0. The topological polar surface area (TPSA) is 16.1 Å². The van der Waals surface area contributed by atoms with Crippen LogP contribution in [0.2, 0.25) is 0 Å². The third-order valence-corrected chi connectivity index (χ3v) is 3.08. The van der Waals surface area contributed by atoms with E-state index in [1.165, 1.54) is 5.39 Å². The van der Waals surface area contributed by atoms with Gasteiger partial charge in [0.25, 0.3) is 0 Å². The van der Waals surface area contributed by atoms with E-state index < -0.39 is 0 Å². The second kappa shape index (κ2) is 6.05. The van der Waals surface area contributed by atoms with Crippen LogP contribution >= 0.6 is 0 Å². The largest absolute Gasteiger partial charge is 0.356 e. The summed E-state index contributed by atoms with van der Waals surface area (Å²) in [6, 6.07) is 12.6. The van der Waals surface area contributed by atoms with Crippen LogP contribution < -0.4 is 4.90 Å². The van der Waals surface area contributed by atoms with Gasteiger partial charge in [-0.3, -0.25) is 0 Å². The smallest absolute Gasteiger partial charge is 0.129 e. The number of benzene rings is 1. The number of hydrogen-bond acceptors (Lipinski definition) is 2. The average Bonchev–Trinajstić information content (AvgIpc) is 2.36. The highest BCUT2D eigenvalue weighted by Gasteiger charge is 2.12. The van der Waals surface area contributed by atoms with E-state index in [1.54, 1.807) is 0 Å². The van der Waals surface area contributed by atoms with E-state index in [0.717, 1.165) is 24.4 Å². The van der Waals surface area contributed by atoms with Gasteiger partial charge in [0.15, 0.2) is 0 Å². The van der Waals surface area contributed by atoms with Crippen LogP contribution in [0.15, 0.2) is 36.4 Å².